The maximum atomic E-state index is 13.8. The van der Waals surface area contributed by atoms with E-state index in [9.17, 15) is 19.8 Å². The second kappa shape index (κ2) is 18.9. The number of phenolic OH excluding ortho intramolecular Hbond substituents is 2. The Morgan fingerprint density at radius 3 is 2.29 bits per heavy atom. The smallest absolute Gasteiger partial charge is 0.258 e. The molecule has 5 aliphatic rings. The van der Waals surface area contributed by atoms with Crippen LogP contribution in [0.3, 0.4) is 0 Å². The molecule has 0 unspecified atom stereocenters. The van der Waals surface area contributed by atoms with Gasteiger partial charge in [-0.05, 0) is 98.5 Å². The van der Waals surface area contributed by atoms with Crippen molar-refractivity contribution in [2.45, 2.75) is 90.1 Å². The van der Waals surface area contributed by atoms with Gasteiger partial charge in [-0.1, -0.05) is 19.9 Å². The first kappa shape index (κ1) is 44.2. The van der Waals surface area contributed by atoms with Gasteiger partial charge < -0.3 is 40.1 Å². The van der Waals surface area contributed by atoms with Gasteiger partial charge in [0, 0.05) is 94.2 Å². The largest absolute Gasteiger partial charge is 0.508 e. The number of rotatable bonds is 10. The number of amides is 2. The van der Waals surface area contributed by atoms with E-state index in [4.69, 9.17) is 25.2 Å². The predicted octanol–water partition coefficient (Wildman–Crippen LogP) is 6.00. The van der Waals surface area contributed by atoms with E-state index in [1.54, 1.807) is 34.7 Å². The Kier molecular flexibility index (Phi) is 12.7. The van der Waals surface area contributed by atoms with Gasteiger partial charge in [-0.2, -0.15) is 0 Å². The van der Waals surface area contributed by atoms with Gasteiger partial charge in [0.25, 0.3) is 5.91 Å². The molecule has 0 atom stereocenters. The molecule has 0 radical (unpaired) electrons. The molecule has 348 valence electrons. The Balaban J connectivity index is 0.672. The molecule has 5 aromatic rings. The Morgan fingerprint density at radius 2 is 1.56 bits per heavy atom. The van der Waals surface area contributed by atoms with Crippen LogP contribution in [0.15, 0.2) is 48.8 Å². The number of nitrogens with zero attached hydrogens (tertiary/aromatic N) is 9. The zero-order valence-electron chi connectivity index (χ0n) is 37.9. The summed E-state index contributed by atoms with van der Waals surface area (Å²) in [5, 5.41) is 20.8. The molecule has 4 N–H and O–H groups in total. The Hall–Kier alpha value is -5.62. The Bertz CT molecular complexity index is 2560. The summed E-state index contributed by atoms with van der Waals surface area (Å²) in [7, 11) is 0. The zero-order chi connectivity index (χ0) is 45.5. The van der Waals surface area contributed by atoms with E-state index in [0.717, 1.165) is 136 Å². The molecule has 4 fully saturated rings. The number of fused-ring (bicyclic) bond motifs is 2. The fourth-order valence-electron chi connectivity index (χ4n) is 10.4. The van der Waals surface area contributed by atoms with Gasteiger partial charge in [0.05, 0.1) is 34.6 Å². The van der Waals surface area contributed by atoms with Crippen LogP contribution in [0.25, 0.3) is 21.6 Å². The van der Waals surface area contributed by atoms with Crippen LogP contribution in [0.2, 0.25) is 0 Å². The van der Waals surface area contributed by atoms with Crippen molar-refractivity contribution in [1.29, 1.82) is 0 Å². The number of aromatic nitrogens is 4. The van der Waals surface area contributed by atoms with Crippen LogP contribution in [0, 0.1) is 5.92 Å². The maximum Gasteiger partial charge on any atom is 0.258 e. The second-order valence-corrected chi connectivity index (χ2v) is 20.0. The number of hydrogen-bond donors (Lipinski definition) is 3. The number of piperidine rings is 3. The van der Waals surface area contributed by atoms with Gasteiger partial charge >= 0.3 is 0 Å². The van der Waals surface area contributed by atoms with Crippen molar-refractivity contribution in [2.24, 2.45) is 5.92 Å². The van der Waals surface area contributed by atoms with Gasteiger partial charge in [-0.15, -0.1) is 11.3 Å². The van der Waals surface area contributed by atoms with Crippen LogP contribution in [0.4, 0.5) is 11.8 Å². The van der Waals surface area contributed by atoms with Gasteiger partial charge in [0.15, 0.2) is 11.6 Å². The number of hydrogen-bond acceptors (Lipinski definition) is 15. The number of nitrogen functional groups attached to an aromatic ring is 1. The minimum Gasteiger partial charge on any atom is -0.508 e. The van der Waals surface area contributed by atoms with Crippen LogP contribution >= 0.6 is 11.3 Å². The lowest BCUT2D eigenvalue weighted by Gasteiger charge is -2.42. The van der Waals surface area contributed by atoms with Crippen molar-refractivity contribution in [1.82, 2.24) is 39.5 Å². The van der Waals surface area contributed by atoms with E-state index >= 15 is 0 Å². The van der Waals surface area contributed by atoms with Gasteiger partial charge in [-0.25, -0.2) is 19.9 Å². The first-order chi connectivity index (χ1) is 32.0. The van der Waals surface area contributed by atoms with Crippen molar-refractivity contribution in [3.63, 3.8) is 0 Å². The third-order valence-corrected chi connectivity index (χ3v) is 15.3. The summed E-state index contributed by atoms with van der Waals surface area (Å²) in [6.45, 7) is 13.8. The van der Waals surface area contributed by atoms with E-state index < -0.39 is 0 Å². The fraction of sp³-hybridized carbons (Fsp3) is 0.510. The number of morpholine rings is 1. The molecule has 2 aromatic carbocycles. The molecule has 0 bridgehead atoms. The molecule has 0 saturated carbocycles. The molecule has 5 aliphatic heterocycles. The van der Waals surface area contributed by atoms with E-state index in [1.165, 1.54) is 10.9 Å². The fourth-order valence-corrected chi connectivity index (χ4v) is 11.6. The van der Waals surface area contributed by atoms with Crippen LogP contribution in [0.5, 0.6) is 17.2 Å². The number of aromatic hydroxyl groups is 2. The lowest BCUT2D eigenvalue weighted by Crippen LogP contribution is -2.51. The molecule has 0 aliphatic carbocycles. The lowest BCUT2D eigenvalue weighted by atomic mass is 9.93. The average Bonchev–Trinajstić information content (AvgIpc) is 3.96. The monoisotopic (exact) mass is 916 g/mol. The van der Waals surface area contributed by atoms with Crippen LogP contribution in [-0.2, 0) is 29.2 Å². The Labute approximate surface area is 389 Å². The van der Waals surface area contributed by atoms with Crippen molar-refractivity contribution in [2.75, 3.05) is 76.2 Å². The molecular formula is C49H60N10O6S. The van der Waals surface area contributed by atoms with Crippen molar-refractivity contribution in [3.8, 4) is 28.6 Å². The first-order valence-corrected chi connectivity index (χ1v) is 24.4. The summed E-state index contributed by atoms with van der Waals surface area (Å²) < 4.78 is 13.2. The molecule has 4 saturated heterocycles. The summed E-state index contributed by atoms with van der Waals surface area (Å²) in [6, 6.07) is 11.7. The van der Waals surface area contributed by atoms with Gasteiger partial charge in [0.1, 0.15) is 23.4 Å². The molecule has 8 heterocycles. The molecule has 17 heteroatoms. The molecule has 16 nitrogen and oxygen atoms in total. The average molecular weight is 917 g/mol. The lowest BCUT2D eigenvalue weighted by molar-refractivity contribution is -0.138. The highest BCUT2D eigenvalue weighted by Gasteiger charge is 2.35. The van der Waals surface area contributed by atoms with Crippen molar-refractivity contribution < 1.29 is 29.3 Å². The second-order valence-electron chi connectivity index (χ2n) is 18.9. The SMILES string of the molecule is CC(C)c1cc(C(=O)N2Cc3ccc(OC4CCN(C5CCN(C(=O)C6CCN(Cc7cc8nc(-c9cnc(N)nc9)nc(N9CCOCC9)c8s7)CC6)CC5)CC4)cc3C2)c(O)cc1O. The maximum absolute atomic E-state index is 13.8. The van der Waals surface area contributed by atoms with Gasteiger partial charge in [0.2, 0.25) is 11.9 Å². The molecule has 66 heavy (non-hydrogen) atoms. The van der Waals surface area contributed by atoms with E-state index in [2.05, 4.69) is 41.7 Å². The summed E-state index contributed by atoms with van der Waals surface area (Å²) in [5.74, 6) is 2.49. The Morgan fingerprint density at radius 1 is 0.833 bits per heavy atom. The van der Waals surface area contributed by atoms with Gasteiger partial charge in [-0.3, -0.25) is 19.4 Å². The number of carbonyl (C=O) groups is 2. The summed E-state index contributed by atoms with van der Waals surface area (Å²) in [6.07, 6.45) is 9.12. The molecule has 10 rings (SSSR count). The van der Waals surface area contributed by atoms with Crippen LogP contribution in [-0.4, -0.2) is 139 Å². The summed E-state index contributed by atoms with van der Waals surface area (Å²) >= 11 is 1.76. The van der Waals surface area contributed by atoms with Crippen LogP contribution < -0.4 is 15.4 Å². The molecule has 3 aromatic heterocycles. The summed E-state index contributed by atoms with van der Waals surface area (Å²) in [4.78, 5) is 58.1. The number of anilines is 2. The van der Waals surface area contributed by atoms with E-state index in [-0.39, 0.29) is 46.9 Å². The van der Waals surface area contributed by atoms with E-state index in [1.807, 2.05) is 26.0 Å². The highest BCUT2D eigenvalue weighted by molar-refractivity contribution is 7.19. The molecular weight excluding hydrogens is 857 g/mol. The highest BCUT2D eigenvalue weighted by atomic mass is 32.1. The third-order valence-electron chi connectivity index (χ3n) is 14.2. The summed E-state index contributed by atoms with van der Waals surface area (Å²) in [5.41, 5.74) is 10.4. The van der Waals surface area contributed by atoms with Crippen molar-refractivity contribution >= 4 is 45.1 Å². The highest BCUT2D eigenvalue weighted by Crippen LogP contribution is 2.38. The number of likely N-dealkylation sites (tertiary alicyclic amines) is 3. The van der Waals surface area contributed by atoms with E-state index in [0.29, 0.717) is 49.6 Å². The minimum atomic E-state index is -0.255. The topological polar surface area (TPSA) is 187 Å². The quantitative estimate of drug-likeness (QED) is 0.148. The minimum absolute atomic E-state index is 0.00322. The van der Waals surface area contributed by atoms with Crippen molar-refractivity contribution in [3.05, 3.63) is 75.9 Å². The first-order valence-electron chi connectivity index (χ1n) is 23.6. The third kappa shape index (κ3) is 9.35. The predicted molar refractivity (Wildman–Crippen MR) is 253 cm³/mol. The number of thiophene rings is 1. The van der Waals surface area contributed by atoms with Crippen LogP contribution in [0.1, 0.15) is 90.2 Å². The number of carbonyl (C=O) groups excluding carboxylic acids is 2. The molecule has 0 spiro atoms. The number of benzene rings is 2. The standard InChI is InChI=1S/C49H60N10O6S/c1-30(2)39-23-40(43(61)24-42(39)60)48(63)59-27-32-3-4-37(21-33(32)28-59)65-36-9-15-56(16-10-36)35-7-13-58(14-8-35)47(62)31-5-11-55(12-6-31)29-38-22-41-44(66-38)46(57-17-19-64-20-18-57)54-45(53-41)34-25-51-49(50)52-26-34/h3-4,21-26,30-31,35-36,60-61H,5-20,27-29H2,1-2H3,(H2,50,51,52). The normalized spacial score (nSPS) is 19.5. The zero-order valence-corrected chi connectivity index (χ0v) is 38.7. The molecule has 2 amide bonds. The number of ether oxygens (including phenoxy) is 2. The number of nitrogens with two attached hydrogens (primary N) is 1. The number of phenols is 2.